The zero-order chi connectivity index (χ0) is 22.0. The zero-order valence-corrected chi connectivity index (χ0v) is 19.7. The molecule has 5 nitrogen and oxygen atoms in total. The highest BCUT2D eigenvalue weighted by Gasteiger charge is 2.14. The van der Waals surface area contributed by atoms with Gasteiger partial charge in [0.25, 0.3) is 5.91 Å². The maximum absolute atomic E-state index is 12.7. The molecule has 0 unspecified atom stereocenters. The highest BCUT2D eigenvalue weighted by atomic mass is 79.9. The third kappa shape index (κ3) is 4.59. The molecule has 0 spiro atoms. The molecular formula is C25H27BrN4O. The van der Waals surface area contributed by atoms with Crippen molar-refractivity contribution in [3.63, 3.8) is 0 Å². The number of benzene rings is 2. The number of hydrogen-bond donors (Lipinski definition) is 1. The Morgan fingerprint density at radius 3 is 2.58 bits per heavy atom. The van der Waals surface area contributed by atoms with Crippen molar-refractivity contribution in [2.45, 2.75) is 40.3 Å². The van der Waals surface area contributed by atoms with Crippen LogP contribution in [0, 0.1) is 20.8 Å². The van der Waals surface area contributed by atoms with Gasteiger partial charge in [0.15, 0.2) is 0 Å². The van der Waals surface area contributed by atoms with E-state index < -0.39 is 0 Å². The Kier molecular flexibility index (Phi) is 6.28. The maximum Gasteiger partial charge on any atom is 0.251 e. The molecule has 0 bridgehead atoms. The van der Waals surface area contributed by atoms with Crippen LogP contribution in [0.25, 0.3) is 10.9 Å². The first kappa shape index (κ1) is 21.4. The molecule has 2 aromatic heterocycles. The van der Waals surface area contributed by atoms with E-state index in [1.807, 2.05) is 36.0 Å². The molecule has 0 saturated carbocycles. The fourth-order valence-electron chi connectivity index (χ4n) is 3.91. The minimum atomic E-state index is -0.0346. The molecular weight excluding hydrogens is 452 g/mol. The number of amides is 1. The van der Waals surface area contributed by atoms with E-state index in [9.17, 15) is 4.79 Å². The predicted molar refractivity (Wildman–Crippen MR) is 129 cm³/mol. The summed E-state index contributed by atoms with van der Waals surface area (Å²) in [6, 6.07) is 16.5. The fraction of sp³-hybridized carbons (Fsp3) is 0.280. The molecule has 0 aliphatic carbocycles. The first-order valence-electron chi connectivity index (χ1n) is 10.5. The van der Waals surface area contributed by atoms with Gasteiger partial charge in [-0.25, -0.2) is 0 Å². The SMILES string of the molecule is Cc1nn(CCCNC(=O)c2ccc3c(c2)c(C)c(C)n3Cc2ccccc2)cc1Br. The van der Waals surface area contributed by atoms with Gasteiger partial charge in [0.1, 0.15) is 0 Å². The molecule has 2 heterocycles. The third-order valence-corrected chi connectivity index (χ3v) is 6.60. The van der Waals surface area contributed by atoms with Crippen LogP contribution in [0.15, 0.2) is 59.2 Å². The molecule has 0 aliphatic heterocycles. The zero-order valence-electron chi connectivity index (χ0n) is 18.2. The predicted octanol–water partition coefficient (Wildman–Crippen LogP) is 5.39. The number of nitrogens with zero attached hydrogens (tertiary/aromatic N) is 3. The number of aromatic nitrogens is 3. The summed E-state index contributed by atoms with van der Waals surface area (Å²) >= 11 is 3.47. The molecule has 6 heteroatoms. The number of aryl methyl sites for hydroxylation is 3. The van der Waals surface area contributed by atoms with Gasteiger partial charge in [0.2, 0.25) is 0 Å². The van der Waals surface area contributed by atoms with Crippen molar-refractivity contribution in [3.05, 3.63) is 87.3 Å². The summed E-state index contributed by atoms with van der Waals surface area (Å²) in [5.41, 5.74) is 6.56. The lowest BCUT2D eigenvalue weighted by Gasteiger charge is -2.09. The largest absolute Gasteiger partial charge is 0.352 e. The highest BCUT2D eigenvalue weighted by molar-refractivity contribution is 9.10. The monoisotopic (exact) mass is 478 g/mol. The van der Waals surface area contributed by atoms with Crippen molar-refractivity contribution in [3.8, 4) is 0 Å². The molecule has 160 valence electrons. The van der Waals surface area contributed by atoms with Crippen LogP contribution in [0.2, 0.25) is 0 Å². The van der Waals surface area contributed by atoms with E-state index in [0.717, 1.165) is 40.6 Å². The summed E-state index contributed by atoms with van der Waals surface area (Å²) in [5.74, 6) is -0.0346. The van der Waals surface area contributed by atoms with Crippen LogP contribution >= 0.6 is 15.9 Å². The number of halogens is 1. The Morgan fingerprint density at radius 1 is 1.10 bits per heavy atom. The van der Waals surface area contributed by atoms with Crippen molar-refractivity contribution >= 4 is 32.7 Å². The lowest BCUT2D eigenvalue weighted by atomic mass is 10.1. The topological polar surface area (TPSA) is 51.9 Å². The summed E-state index contributed by atoms with van der Waals surface area (Å²) in [6.07, 6.45) is 2.80. The van der Waals surface area contributed by atoms with E-state index in [2.05, 4.69) is 75.1 Å². The van der Waals surface area contributed by atoms with Gasteiger partial charge < -0.3 is 9.88 Å². The number of fused-ring (bicyclic) bond motifs is 1. The first-order chi connectivity index (χ1) is 14.9. The van der Waals surface area contributed by atoms with E-state index in [-0.39, 0.29) is 5.91 Å². The van der Waals surface area contributed by atoms with Crippen LogP contribution in [0.1, 0.15) is 39.3 Å². The molecule has 31 heavy (non-hydrogen) atoms. The Balaban J connectivity index is 1.44. The summed E-state index contributed by atoms with van der Waals surface area (Å²) in [5, 5.41) is 8.60. The number of carbonyl (C=O) groups excluding carboxylic acids is 1. The van der Waals surface area contributed by atoms with Crippen LogP contribution in [0.5, 0.6) is 0 Å². The third-order valence-electron chi connectivity index (χ3n) is 5.82. The van der Waals surface area contributed by atoms with Gasteiger partial charge in [0, 0.05) is 48.0 Å². The highest BCUT2D eigenvalue weighted by Crippen LogP contribution is 2.27. The quantitative estimate of drug-likeness (QED) is 0.361. The molecule has 0 aliphatic rings. The molecule has 4 rings (SSSR count). The summed E-state index contributed by atoms with van der Waals surface area (Å²) in [4.78, 5) is 12.7. The van der Waals surface area contributed by atoms with Gasteiger partial charge in [-0.05, 0) is 72.4 Å². The number of hydrogen-bond acceptors (Lipinski definition) is 2. The van der Waals surface area contributed by atoms with Crippen molar-refractivity contribution in [1.29, 1.82) is 0 Å². The molecule has 0 saturated heterocycles. The van der Waals surface area contributed by atoms with Gasteiger partial charge in [-0.1, -0.05) is 30.3 Å². The van der Waals surface area contributed by atoms with Crippen LogP contribution in [0.4, 0.5) is 0 Å². The average molecular weight is 479 g/mol. The second-order valence-electron chi connectivity index (χ2n) is 7.95. The van der Waals surface area contributed by atoms with Gasteiger partial charge in [-0.3, -0.25) is 9.48 Å². The van der Waals surface area contributed by atoms with E-state index in [0.29, 0.717) is 12.1 Å². The van der Waals surface area contributed by atoms with E-state index in [1.165, 1.54) is 16.8 Å². The molecule has 4 aromatic rings. The second kappa shape index (κ2) is 9.10. The van der Waals surface area contributed by atoms with Crippen LogP contribution in [0.3, 0.4) is 0 Å². The molecule has 0 atom stereocenters. The van der Waals surface area contributed by atoms with E-state index in [4.69, 9.17) is 0 Å². The van der Waals surface area contributed by atoms with E-state index >= 15 is 0 Å². The average Bonchev–Trinajstić information content (AvgIpc) is 3.22. The maximum atomic E-state index is 12.7. The molecule has 1 N–H and O–H groups in total. The Hall–Kier alpha value is -2.86. The van der Waals surface area contributed by atoms with Crippen LogP contribution in [-0.2, 0) is 13.1 Å². The number of rotatable bonds is 7. The van der Waals surface area contributed by atoms with Crippen molar-refractivity contribution in [1.82, 2.24) is 19.7 Å². The molecule has 2 aromatic carbocycles. The van der Waals surface area contributed by atoms with Crippen LogP contribution in [-0.4, -0.2) is 26.8 Å². The van der Waals surface area contributed by atoms with Gasteiger partial charge in [0.05, 0.1) is 10.2 Å². The summed E-state index contributed by atoms with van der Waals surface area (Å²) < 4.78 is 5.24. The summed E-state index contributed by atoms with van der Waals surface area (Å²) in [7, 11) is 0. The Labute approximate surface area is 191 Å². The standard InChI is InChI=1S/C25H27BrN4O/c1-17-19(3)30(15-20-8-5-4-6-9-20)24-11-10-21(14-22(17)24)25(31)27-12-7-13-29-16-23(26)18(2)28-29/h4-6,8-11,14,16H,7,12-13,15H2,1-3H3,(H,27,31). The fourth-order valence-corrected chi connectivity index (χ4v) is 4.23. The lowest BCUT2D eigenvalue weighted by Crippen LogP contribution is -2.25. The number of nitrogens with one attached hydrogen (secondary N) is 1. The minimum Gasteiger partial charge on any atom is -0.352 e. The van der Waals surface area contributed by atoms with Crippen molar-refractivity contribution in [2.75, 3.05) is 6.54 Å². The molecule has 1 amide bonds. The number of carbonyl (C=O) groups is 1. The minimum absolute atomic E-state index is 0.0346. The van der Waals surface area contributed by atoms with Gasteiger partial charge in [-0.2, -0.15) is 5.10 Å². The first-order valence-corrected chi connectivity index (χ1v) is 11.3. The van der Waals surface area contributed by atoms with E-state index in [1.54, 1.807) is 0 Å². The van der Waals surface area contributed by atoms with Crippen molar-refractivity contribution in [2.24, 2.45) is 0 Å². The molecule has 0 fully saturated rings. The van der Waals surface area contributed by atoms with Crippen molar-refractivity contribution < 1.29 is 4.79 Å². The molecule has 0 radical (unpaired) electrons. The summed E-state index contributed by atoms with van der Waals surface area (Å²) in [6.45, 7) is 8.45. The normalized spacial score (nSPS) is 11.2. The van der Waals surface area contributed by atoms with Gasteiger partial charge in [-0.15, -0.1) is 0 Å². The lowest BCUT2D eigenvalue weighted by molar-refractivity contribution is 0.0952. The smallest absolute Gasteiger partial charge is 0.251 e. The van der Waals surface area contributed by atoms with Crippen LogP contribution < -0.4 is 5.32 Å². The Morgan fingerprint density at radius 2 is 1.87 bits per heavy atom. The second-order valence-corrected chi connectivity index (χ2v) is 8.80. The Bertz CT molecular complexity index is 1200. The van der Waals surface area contributed by atoms with Gasteiger partial charge >= 0.3 is 0 Å².